The summed E-state index contributed by atoms with van der Waals surface area (Å²) in [4.78, 5) is 27.6. The van der Waals surface area contributed by atoms with Gasteiger partial charge in [0.05, 0.1) is 7.11 Å². The molecule has 0 bridgehead atoms. The molecule has 1 saturated carbocycles. The van der Waals surface area contributed by atoms with Gasteiger partial charge in [0.1, 0.15) is 5.75 Å². The van der Waals surface area contributed by atoms with E-state index in [0.29, 0.717) is 0 Å². The van der Waals surface area contributed by atoms with Crippen molar-refractivity contribution in [2.45, 2.75) is 32.1 Å². The van der Waals surface area contributed by atoms with E-state index in [1.165, 1.54) is 5.56 Å². The molecule has 0 atom stereocenters. The van der Waals surface area contributed by atoms with Gasteiger partial charge in [-0.1, -0.05) is 24.3 Å². The highest BCUT2D eigenvalue weighted by atomic mass is 16.5. The van der Waals surface area contributed by atoms with Gasteiger partial charge in [0.25, 0.3) is 0 Å². The van der Waals surface area contributed by atoms with Gasteiger partial charge in [-0.15, -0.1) is 0 Å². The quantitative estimate of drug-likeness (QED) is 0.874. The topological polar surface area (TPSA) is 58.6 Å². The molecule has 0 unspecified atom stereocenters. The van der Waals surface area contributed by atoms with Gasteiger partial charge in [-0.05, 0) is 55.9 Å². The maximum Gasteiger partial charge on any atom is 0.230 e. The number of fused-ring (bicyclic) bond motifs is 1. The van der Waals surface area contributed by atoms with E-state index in [9.17, 15) is 9.59 Å². The van der Waals surface area contributed by atoms with Crippen LogP contribution in [0.25, 0.3) is 0 Å². The summed E-state index contributed by atoms with van der Waals surface area (Å²) in [5.74, 6) is 0.952. The summed E-state index contributed by atoms with van der Waals surface area (Å²) >= 11 is 0. The third-order valence-corrected chi connectivity index (χ3v) is 5.94. The Kier molecular flexibility index (Phi) is 5.33. The Morgan fingerprint density at radius 3 is 2.54 bits per heavy atom. The number of para-hydroxylation sites is 1. The number of methoxy groups -OCH3 is 1. The third-order valence-electron chi connectivity index (χ3n) is 5.94. The number of amides is 2. The molecule has 5 heteroatoms. The van der Waals surface area contributed by atoms with Crippen LogP contribution in [0.4, 0.5) is 11.4 Å². The number of ether oxygens (including phenoxy) is 1. The first-order valence-corrected chi connectivity index (χ1v) is 10.00. The van der Waals surface area contributed by atoms with E-state index in [-0.39, 0.29) is 23.7 Å². The summed E-state index contributed by atoms with van der Waals surface area (Å²) in [7, 11) is 1.61. The highest BCUT2D eigenvalue weighted by molar-refractivity contribution is 5.97. The number of carbonyl (C=O) groups excluding carboxylic acids is 2. The predicted octanol–water partition coefficient (Wildman–Crippen LogP) is 4.03. The second-order valence-electron chi connectivity index (χ2n) is 7.64. The SMILES string of the molecule is COc1cccc(NC(=O)C2CCC(C(=O)N3CCc4ccccc43)CC2)c1. The van der Waals surface area contributed by atoms with Crippen molar-refractivity contribution in [2.24, 2.45) is 11.8 Å². The molecule has 0 aromatic heterocycles. The van der Waals surface area contributed by atoms with Gasteiger partial charge in [-0.25, -0.2) is 0 Å². The summed E-state index contributed by atoms with van der Waals surface area (Å²) in [6.45, 7) is 0.772. The van der Waals surface area contributed by atoms with Crippen LogP contribution in [0.5, 0.6) is 5.75 Å². The number of rotatable bonds is 4. The molecule has 1 N–H and O–H groups in total. The number of hydrogen-bond acceptors (Lipinski definition) is 3. The predicted molar refractivity (Wildman–Crippen MR) is 110 cm³/mol. The normalized spacial score (nSPS) is 21.1. The number of anilines is 2. The minimum absolute atomic E-state index is 0.0204. The van der Waals surface area contributed by atoms with Crippen molar-refractivity contribution in [3.8, 4) is 5.75 Å². The van der Waals surface area contributed by atoms with E-state index >= 15 is 0 Å². The van der Waals surface area contributed by atoms with E-state index in [1.807, 2.05) is 47.4 Å². The van der Waals surface area contributed by atoms with Crippen molar-refractivity contribution in [2.75, 3.05) is 23.9 Å². The second-order valence-corrected chi connectivity index (χ2v) is 7.64. The van der Waals surface area contributed by atoms with Crippen molar-refractivity contribution >= 4 is 23.2 Å². The monoisotopic (exact) mass is 378 g/mol. The Morgan fingerprint density at radius 1 is 1.00 bits per heavy atom. The van der Waals surface area contributed by atoms with Gasteiger partial charge in [-0.3, -0.25) is 9.59 Å². The lowest BCUT2D eigenvalue weighted by molar-refractivity contribution is -0.126. The third kappa shape index (κ3) is 3.75. The lowest BCUT2D eigenvalue weighted by Gasteiger charge is -2.30. The molecule has 146 valence electrons. The molecule has 28 heavy (non-hydrogen) atoms. The average molecular weight is 378 g/mol. The largest absolute Gasteiger partial charge is 0.497 e. The molecular formula is C23H26N2O3. The van der Waals surface area contributed by atoms with Crippen LogP contribution in [0.2, 0.25) is 0 Å². The van der Waals surface area contributed by atoms with E-state index in [0.717, 1.165) is 55.8 Å². The summed E-state index contributed by atoms with van der Waals surface area (Å²) in [6, 6.07) is 15.5. The first-order chi connectivity index (χ1) is 13.7. The van der Waals surface area contributed by atoms with Gasteiger partial charge in [0.15, 0.2) is 0 Å². The van der Waals surface area contributed by atoms with E-state index in [4.69, 9.17) is 4.74 Å². The average Bonchev–Trinajstić information content (AvgIpc) is 3.17. The molecule has 0 spiro atoms. The van der Waals surface area contributed by atoms with Crippen molar-refractivity contribution in [1.29, 1.82) is 0 Å². The molecule has 5 nitrogen and oxygen atoms in total. The maximum atomic E-state index is 13.0. The first kappa shape index (κ1) is 18.5. The molecule has 2 aliphatic rings. The van der Waals surface area contributed by atoms with Gasteiger partial charge < -0.3 is 15.0 Å². The molecule has 4 rings (SSSR count). The van der Waals surface area contributed by atoms with Gasteiger partial charge in [-0.2, -0.15) is 0 Å². The first-order valence-electron chi connectivity index (χ1n) is 10.00. The number of carbonyl (C=O) groups is 2. The molecule has 1 aliphatic heterocycles. The van der Waals surface area contributed by atoms with Crippen molar-refractivity contribution in [3.63, 3.8) is 0 Å². The number of benzene rings is 2. The van der Waals surface area contributed by atoms with E-state index < -0.39 is 0 Å². The molecule has 1 aliphatic carbocycles. The minimum atomic E-state index is -0.0406. The molecule has 0 saturated heterocycles. The Morgan fingerprint density at radius 2 is 1.75 bits per heavy atom. The highest BCUT2D eigenvalue weighted by Crippen LogP contribution is 2.35. The van der Waals surface area contributed by atoms with Gasteiger partial charge in [0, 0.05) is 35.8 Å². The summed E-state index contributed by atoms with van der Waals surface area (Å²) < 4.78 is 5.20. The number of nitrogens with one attached hydrogen (secondary N) is 1. The van der Waals surface area contributed by atoms with Crippen molar-refractivity contribution in [1.82, 2.24) is 0 Å². The number of nitrogens with zero attached hydrogens (tertiary/aromatic N) is 1. The minimum Gasteiger partial charge on any atom is -0.497 e. The van der Waals surface area contributed by atoms with Gasteiger partial charge >= 0.3 is 0 Å². The molecule has 0 radical (unpaired) electrons. The Hall–Kier alpha value is -2.82. The van der Waals surface area contributed by atoms with E-state index in [1.54, 1.807) is 7.11 Å². The lowest BCUT2D eigenvalue weighted by Crippen LogP contribution is -2.38. The Balaban J connectivity index is 1.33. The fourth-order valence-electron chi connectivity index (χ4n) is 4.34. The van der Waals surface area contributed by atoms with Crippen LogP contribution in [0.15, 0.2) is 48.5 Å². The molecule has 2 amide bonds. The van der Waals surface area contributed by atoms with E-state index in [2.05, 4.69) is 11.4 Å². The molecule has 2 aromatic carbocycles. The fourth-order valence-corrected chi connectivity index (χ4v) is 4.34. The number of hydrogen-bond donors (Lipinski definition) is 1. The van der Waals surface area contributed by atoms with Gasteiger partial charge in [0.2, 0.25) is 11.8 Å². The van der Waals surface area contributed by atoms with Crippen LogP contribution in [-0.2, 0) is 16.0 Å². The highest BCUT2D eigenvalue weighted by Gasteiger charge is 2.34. The summed E-state index contributed by atoms with van der Waals surface area (Å²) in [5, 5.41) is 2.98. The molecule has 2 aromatic rings. The molecular weight excluding hydrogens is 352 g/mol. The molecule has 1 heterocycles. The zero-order valence-electron chi connectivity index (χ0n) is 16.2. The van der Waals surface area contributed by atoms with Crippen LogP contribution in [0, 0.1) is 11.8 Å². The standard InChI is InChI=1S/C23H26N2O3/c1-28-20-7-4-6-19(15-20)24-22(26)17-9-11-18(12-10-17)23(27)25-14-13-16-5-2-3-8-21(16)25/h2-8,15,17-18H,9-14H2,1H3,(H,24,26). The van der Waals surface area contributed by atoms with Crippen molar-refractivity contribution in [3.05, 3.63) is 54.1 Å². The van der Waals surface area contributed by atoms with Crippen LogP contribution in [-0.4, -0.2) is 25.5 Å². The van der Waals surface area contributed by atoms with Crippen LogP contribution < -0.4 is 15.0 Å². The zero-order valence-corrected chi connectivity index (χ0v) is 16.2. The maximum absolute atomic E-state index is 13.0. The van der Waals surface area contributed by atoms with Crippen molar-refractivity contribution < 1.29 is 14.3 Å². The van der Waals surface area contributed by atoms with Crippen LogP contribution >= 0.6 is 0 Å². The second kappa shape index (κ2) is 8.05. The summed E-state index contributed by atoms with van der Waals surface area (Å²) in [5.41, 5.74) is 3.06. The lowest BCUT2D eigenvalue weighted by atomic mass is 9.81. The zero-order chi connectivity index (χ0) is 19.5. The summed E-state index contributed by atoms with van der Waals surface area (Å²) in [6.07, 6.45) is 3.98. The van der Waals surface area contributed by atoms with Crippen LogP contribution in [0.1, 0.15) is 31.2 Å². The Labute approximate surface area is 165 Å². The fraction of sp³-hybridized carbons (Fsp3) is 0.391. The molecule has 1 fully saturated rings. The Bertz CT molecular complexity index is 872. The van der Waals surface area contributed by atoms with Crippen LogP contribution in [0.3, 0.4) is 0 Å². The smallest absolute Gasteiger partial charge is 0.230 e.